The number of aliphatic hydroxyl groups is 2. The second-order valence-corrected chi connectivity index (χ2v) is 3.29. The number of hydrogen-bond acceptors (Lipinski definition) is 3. The molecule has 3 heteroatoms. The van der Waals surface area contributed by atoms with Gasteiger partial charge in [0.15, 0.2) is 0 Å². The summed E-state index contributed by atoms with van der Waals surface area (Å²) in [5.74, 6) is 0. The summed E-state index contributed by atoms with van der Waals surface area (Å²) in [5, 5.41) is 21.4. The fourth-order valence-corrected chi connectivity index (χ4v) is 1.40. The molecule has 78 valence electrons. The summed E-state index contributed by atoms with van der Waals surface area (Å²) in [6, 6.07) is 7.67. The van der Waals surface area contributed by atoms with Crippen LogP contribution in [0.2, 0.25) is 0 Å². The van der Waals surface area contributed by atoms with Gasteiger partial charge in [-0.2, -0.15) is 0 Å². The van der Waals surface area contributed by atoms with Crippen molar-refractivity contribution in [1.29, 1.82) is 0 Å². The molecule has 0 fully saturated rings. The first-order valence-electron chi connectivity index (χ1n) is 4.80. The van der Waals surface area contributed by atoms with E-state index in [1.54, 1.807) is 7.05 Å². The Balaban J connectivity index is 2.71. The van der Waals surface area contributed by atoms with Crippen molar-refractivity contribution in [2.24, 2.45) is 0 Å². The van der Waals surface area contributed by atoms with Gasteiger partial charge in [0.2, 0.25) is 0 Å². The van der Waals surface area contributed by atoms with Gasteiger partial charge >= 0.3 is 0 Å². The first-order valence-corrected chi connectivity index (χ1v) is 4.80. The van der Waals surface area contributed by atoms with Crippen LogP contribution in [0.3, 0.4) is 0 Å². The molecule has 0 amide bonds. The zero-order valence-corrected chi connectivity index (χ0v) is 8.40. The summed E-state index contributed by atoms with van der Waals surface area (Å²) in [6.45, 7) is 0.689. The van der Waals surface area contributed by atoms with Gasteiger partial charge in [0.25, 0.3) is 0 Å². The number of benzene rings is 1. The summed E-state index contributed by atoms with van der Waals surface area (Å²) in [7, 11) is 1.81. The maximum Gasteiger partial charge on any atom is 0.0914 e. The molecule has 1 rings (SSSR count). The Morgan fingerprint density at radius 3 is 2.86 bits per heavy atom. The summed E-state index contributed by atoms with van der Waals surface area (Å²) in [6.07, 6.45) is 0.166. The summed E-state index contributed by atoms with van der Waals surface area (Å²) in [5.41, 5.74) is 1.95. The second-order valence-electron chi connectivity index (χ2n) is 3.29. The van der Waals surface area contributed by atoms with Gasteiger partial charge in [-0.25, -0.2) is 0 Å². The molecule has 0 aliphatic rings. The largest absolute Gasteiger partial charge is 0.396 e. The normalized spacial score (nSPS) is 12.8. The first kappa shape index (κ1) is 11.2. The lowest BCUT2D eigenvalue weighted by Crippen LogP contribution is -2.16. The maximum absolute atomic E-state index is 9.69. The predicted octanol–water partition coefficient (Wildman–Crippen LogP) is 0.474. The van der Waals surface area contributed by atoms with Gasteiger partial charge in [-0.05, 0) is 24.6 Å². The number of rotatable bonds is 5. The molecule has 0 radical (unpaired) electrons. The van der Waals surface area contributed by atoms with Crippen LogP contribution in [-0.2, 0) is 6.42 Å². The third kappa shape index (κ3) is 3.10. The third-order valence-electron chi connectivity index (χ3n) is 2.13. The highest BCUT2D eigenvalue weighted by Crippen LogP contribution is 2.13. The average Bonchev–Trinajstić information content (AvgIpc) is 2.19. The van der Waals surface area contributed by atoms with Gasteiger partial charge in [0.1, 0.15) is 0 Å². The second kappa shape index (κ2) is 5.75. The molecule has 0 aliphatic heterocycles. The molecule has 0 saturated carbocycles. The van der Waals surface area contributed by atoms with E-state index in [1.807, 2.05) is 24.3 Å². The molecule has 3 nitrogen and oxygen atoms in total. The van der Waals surface area contributed by atoms with E-state index in [2.05, 4.69) is 5.32 Å². The molecule has 0 aromatic heterocycles. The highest BCUT2D eigenvalue weighted by molar-refractivity contribution is 5.25. The van der Waals surface area contributed by atoms with Gasteiger partial charge in [-0.15, -0.1) is 0 Å². The lowest BCUT2D eigenvalue weighted by Gasteiger charge is -2.11. The fraction of sp³-hybridized carbons (Fsp3) is 0.455. The third-order valence-corrected chi connectivity index (χ3v) is 2.13. The van der Waals surface area contributed by atoms with Crippen molar-refractivity contribution in [3.8, 4) is 0 Å². The Kier molecular flexibility index (Phi) is 4.59. The van der Waals surface area contributed by atoms with Gasteiger partial charge in [0, 0.05) is 13.2 Å². The average molecular weight is 195 g/mol. The monoisotopic (exact) mass is 195 g/mol. The van der Waals surface area contributed by atoms with Crippen molar-refractivity contribution >= 4 is 0 Å². The minimum atomic E-state index is -0.473. The number of likely N-dealkylation sites (N-methyl/N-ethyl adjacent to an activating group) is 1. The van der Waals surface area contributed by atoms with Gasteiger partial charge in [-0.3, -0.25) is 0 Å². The summed E-state index contributed by atoms with van der Waals surface area (Å²) >= 11 is 0. The van der Waals surface area contributed by atoms with Crippen molar-refractivity contribution < 1.29 is 10.2 Å². The van der Waals surface area contributed by atoms with Crippen LogP contribution in [-0.4, -0.2) is 30.4 Å². The van der Waals surface area contributed by atoms with Crippen LogP contribution in [0, 0.1) is 0 Å². The minimum absolute atomic E-state index is 0.144. The van der Waals surface area contributed by atoms with Crippen LogP contribution in [0.1, 0.15) is 17.2 Å². The zero-order valence-electron chi connectivity index (χ0n) is 8.40. The Hall–Kier alpha value is -0.900. The van der Waals surface area contributed by atoms with E-state index in [1.165, 1.54) is 0 Å². The molecular weight excluding hydrogens is 178 g/mol. The van der Waals surface area contributed by atoms with Crippen molar-refractivity contribution in [3.05, 3.63) is 35.4 Å². The molecule has 0 heterocycles. The maximum atomic E-state index is 9.69. The van der Waals surface area contributed by atoms with Crippen molar-refractivity contribution in [3.63, 3.8) is 0 Å². The van der Waals surface area contributed by atoms with E-state index in [4.69, 9.17) is 5.11 Å². The molecule has 14 heavy (non-hydrogen) atoms. The molecule has 1 aromatic rings. The SMILES string of the molecule is CNCC(O)c1cccc(CCO)c1. The van der Waals surface area contributed by atoms with E-state index in [0.717, 1.165) is 11.1 Å². The van der Waals surface area contributed by atoms with E-state index in [-0.39, 0.29) is 6.61 Å². The molecule has 0 aliphatic carbocycles. The Labute approximate surface area is 84.4 Å². The lowest BCUT2D eigenvalue weighted by molar-refractivity contribution is 0.177. The highest BCUT2D eigenvalue weighted by atomic mass is 16.3. The Morgan fingerprint density at radius 2 is 2.21 bits per heavy atom. The molecule has 0 spiro atoms. The number of nitrogens with one attached hydrogen (secondary N) is 1. The molecule has 1 aromatic carbocycles. The van der Waals surface area contributed by atoms with Crippen LogP contribution >= 0.6 is 0 Å². The standard InChI is InChI=1S/C11H17NO2/c1-12-8-11(14)10-4-2-3-9(7-10)5-6-13/h2-4,7,11-14H,5-6,8H2,1H3. The Morgan fingerprint density at radius 1 is 1.43 bits per heavy atom. The smallest absolute Gasteiger partial charge is 0.0914 e. The zero-order chi connectivity index (χ0) is 10.4. The van der Waals surface area contributed by atoms with Crippen molar-refractivity contribution in [1.82, 2.24) is 5.32 Å². The van der Waals surface area contributed by atoms with Crippen LogP contribution in [0.15, 0.2) is 24.3 Å². The highest BCUT2D eigenvalue weighted by Gasteiger charge is 2.05. The van der Waals surface area contributed by atoms with Crippen molar-refractivity contribution in [2.45, 2.75) is 12.5 Å². The summed E-state index contributed by atoms with van der Waals surface area (Å²) < 4.78 is 0. The number of aliphatic hydroxyl groups excluding tert-OH is 2. The molecule has 1 atom stereocenters. The first-order chi connectivity index (χ1) is 6.77. The predicted molar refractivity (Wildman–Crippen MR) is 56.1 cm³/mol. The van der Waals surface area contributed by atoms with E-state index in [9.17, 15) is 5.11 Å². The number of hydrogen-bond donors (Lipinski definition) is 3. The Bertz CT molecular complexity index is 276. The molecule has 0 bridgehead atoms. The van der Waals surface area contributed by atoms with Crippen LogP contribution in [0.5, 0.6) is 0 Å². The van der Waals surface area contributed by atoms with Crippen LogP contribution < -0.4 is 5.32 Å². The van der Waals surface area contributed by atoms with Crippen LogP contribution in [0.25, 0.3) is 0 Å². The van der Waals surface area contributed by atoms with E-state index in [0.29, 0.717) is 13.0 Å². The topological polar surface area (TPSA) is 52.5 Å². The fourth-order valence-electron chi connectivity index (χ4n) is 1.40. The molecule has 3 N–H and O–H groups in total. The van der Waals surface area contributed by atoms with Crippen LogP contribution in [0.4, 0.5) is 0 Å². The quantitative estimate of drug-likeness (QED) is 0.640. The summed E-state index contributed by atoms with van der Waals surface area (Å²) in [4.78, 5) is 0. The van der Waals surface area contributed by atoms with E-state index < -0.39 is 6.10 Å². The van der Waals surface area contributed by atoms with Gasteiger partial charge < -0.3 is 15.5 Å². The molecular formula is C11H17NO2. The molecule has 1 unspecified atom stereocenters. The lowest BCUT2D eigenvalue weighted by atomic mass is 10.0. The van der Waals surface area contributed by atoms with E-state index >= 15 is 0 Å². The van der Waals surface area contributed by atoms with Gasteiger partial charge in [0.05, 0.1) is 6.10 Å². The van der Waals surface area contributed by atoms with Crippen molar-refractivity contribution in [2.75, 3.05) is 20.2 Å². The molecule has 0 saturated heterocycles. The van der Waals surface area contributed by atoms with Gasteiger partial charge in [-0.1, -0.05) is 24.3 Å². The minimum Gasteiger partial charge on any atom is -0.396 e.